The molecule has 0 unspecified atom stereocenters. The largest absolute Gasteiger partial charge is 0.340 e. The third kappa shape index (κ3) is 2.70. The van der Waals surface area contributed by atoms with Crippen molar-refractivity contribution < 1.29 is 4.39 Å². The van der Waals surface area contributed by atoms with Crippen LogP contribution in [0.1, 0.15) is 0 Å². The van der Waals surface area contributed by atoms with Crippen molar-refractivity contribution in [3.63, 3.8) is 0 Å². The van der Waals surface area contributed by atoms with Crippen LogP contribution in [0.4, 0.5) is 15.9 Å². The van der Waals surface area contributed by atoms with Gasteiger partial charge in [0.2, 0.25) is 0 Å². The van der Waals surface area contributed by atoms with Gasteiger partial charge in [-0.2, -0.15) is 0 Å². The van der Waals surface area contributed by atoms with E-state index in [0.29, 0.717) is 17.2 Å². The number of para-hydroxylation sites is 2. The lowest BCUT2D eigenvalue weighted by Gasteiger charge is -2.11. The molecule has 116 valence electrons. The van der Waals surface area contributed by atoms with E-state index in [9.17, 15) is 4.39 Å². The van der Waals surface area contributed by atoms with Crippen molar-refractivity contribution in [1.29, 1.82) is 0 Å². The molecule has 0 saturated carbocycles. The Hall–Kier alpha value is -3.27. The molecule has 0 fully saturated rings. The standard InChI is InChI=1S/C20H14FN3/c21-17-12-6-4-10-15(17)19-23-18-13-7-5-11-16(18)20(24-19)22-14-8-2-1-3-9-14/h1-13H,(H,22,23,24). The fraction of sp³-hybridized carbons (Fsp3) is 0. The lowest BCUT2D eigenvalue weighted by molar-refractivity contribution is 0.630. The number of aromatic nitrogens is 2. The number of halogens is 1. The molecular formula is C20H14FN3. The molecule has 4 heteroatoms. The monoisotopic (exact) mass is 315 g/mol. The predicted molar refractivity (Wildman–Crippen MR) is 94.7 cm³/mol. The zero-order valence-electron chi connectivity index (χ0n) is 12.8. The van der Waals surface area contributed by atoms with Gasteiger partial charge in [-0.25, -0.2) is 14.4 Å². The van der Waals surface area contributed by atoms with Crippen LogP contribution in [0.2, 0.25) is 0 Å². The first kappa shape index (κ1) is 14.3. The summed E-state index contributed by atoms with van der Waals surface area (Å²) in [6.45, 7) is 0. The van der Waals surface area contributed by atoms with Gasteiger partial charge in [0.25, 0.3) is 0 Å². The number of anilines is 2. The second-order valence-electron chi connectivity index (χ2n) is 5.38. The van der Waals surface area contributed by atoms with Crippen LogP contribution in [-0.4, -0.2) is 9.97 Å². The maximum atomic E-state index is 14.1. The van der Waals surface area contributed by atoms with Crippen molar-refractivity contribution in [1.82, 2.24) is 9.97 Å². The van der Waals surface area contributed by atoms with E-state index in [1.54, 1.807) is 18.2 Å². The first-order valence-electron chi connectivity index (χ1n) is 7.65. The van der Waals surface area contributed by atoms with Crippen molar-refractivity contribution in [3.8, 4) is 11.4 Å². The zero-order chi connectivity index (χ0) is 16.4. The van der Waals surface area contributed by atoms with Crippen molar-refractivity contribution in [2.75, 3.05) is 5.32 Å². The van der Waals surface area contributed by atoms with Gasteiger partial charge in [0, 0.05) is 11.1 Å². The minimum atomic E-state index is -0.335. The van der Waals surface area contributed by atoms with Gasteiger partial charge in [0.1, 0.15) is 11.6 Å². The first-order chi connectivity index (χ1) is 11.8. The van der Waals surface area contributed by atoms with Crippen molar-refractivity contribution in [2.45, 2.75) is 0 Å². The van der Waals surface area contributed by atoms with Gasteiger partial charge in [-0.3, -0.25) is 0 Å². The molecule has 1 aromatic heterocycles. The summed E-state index contributed by atoms with van der Waals surface area (Å²) in [4.78, 5) is 9.08. The van der Waals surface area contributed by atoms with Crippen molar-refractivity contribution in [3.05, 3.63) is 84.7 Å². The Morgan fingerprint density at radius 3 is 2.25 bits per heavy atom. The Labute approximate surface area is 138 Å². The fourth-order valence-electron chi connectivity index (χ4n) is 2.59. The zero-order valence-corrected chi connectivity index (χ0v) is 12.8. The van der Waals surface area contributed by atoms with Gasteiger partial charge >= 0.3 is 0 Å². The molecule has 3 aromatic carbocycles. The summed E-state index contributed by atoms with van der Waals surface area (Å²) in [5.74, 6) is 0.689. The number of nitrogens with one attached hydrogen (secondary N) is 1. The molecule has 0 aliphatic rings. The molecular weight excluding hydrogens is 301 g/mol. The Balaban J connectivity index is 1.90. The average molecular weight is 315 g/mol. The first-order valence-corrected chi connectivity index (χ1v) is 7.65. The van der Waals surface area contributed by atoms with Gasteiger partial charge < -0.3 is 5.32 Å². The van der Waals surface area contributed by atoms with Crippen molar-refractivity contribution in [2.24, 2.45) is 0 Å². The third-order valence-electron chi connectivity index (χ3n) is 3.75. The summed E-state index contributed by atoms with van der Waals surface area (Å²) in [7, 11) is 0. The molecule has 0 aliphatic carbocycles. The van der Waals surface area contributed by atoms with Crippen LogP contribution in [0.15, 0.2) is 78.9 Å². The molecule has 4 aromatic rings. The van der Waals surface area contributed by atoms with E-state index in [0.717, 1.165) is 16.6 Å². The number of benzene rings is 3. The normalized spacial score (nSPS) is 10.7. The minimum Gasteiger partial charge on any atom is -0.340 e. The summed E-state index contributed by atoms with van der Waals surface area (Å²) in [5.41, 5.74) is 2.07. The lowest BCUT2D eigenvalue weighted by atomic mass is 10.1. The lowest BCUT2D eigenvalue weighted by Crippen LogP contribution is -2.00. The van der Waals surface area contributed by atoms with E-state index in [4.69, 9.17) is 0 Å². The van der Waals surface area contributed by atoms with Gasteiger partial charge in [0.05, 0.1) is 11.1 Å². The third-order valence-corrected chi connectivity index (χ3v) is 3.75. The fourth-order valence-corrected chi connectivity index (χ4v) is 2.59. The molecule has 0 saturated heterocycles. The highest BCUT2D eigenvalue weighted by atomic mass is 19.1. The summed E-state index contributed by atoms with van der Waals surface area (Å²) in [6, 6.07) is 24.0. The van der Waals surface area contributed by atoms with Gasteiger partial charge in [0.15, 0.2) is 5.82 Å². The van der Waals surface area contributed by atoms with E-state index in [2.05, 4.69) is 15.3 Å². The highest BCUT2D eigenvalue weighted by Gasteiger charge is 2.12. The van der Waals surface area contributed by atoms with Gasteiger partial charge in [-0.15, -0.1) is 0 Å². The molecule has 0 bridgehead atoms. The molecule has 3 nitrogen and oxygen atoms in total. The molecule has 0 atom stereocenters. The number of rotatable bonds is 3. The molecule has 1 heterocycles. The molecule has 0 aliphatic heterocycles. The number of hydrogen-bond donors (Lipinski definition) is 1. The van der Waals surface area contributed by atoms with E-state index < -0.39 is 0 Å². The SMILES string of the molecule is Fc1ccccc1-c1nc(Nc2ccccc2)c2ccccc2n1. The Kier molecular flexibility index (Phi) is 3.63. The summed E-state index contributed by atoms with van der Waals surface area (Å²) < 4.78 is 14.1. The topological polar surface area (TPSA) is 37.8 Å². The molecule has 0 spiro atoms. The van der Waals surface area contributed by atoms with Crippen LogP contribution < -0.4 is 5.32 Å². The molecule has 4 rings (SSSR count). The predicted octanol–water partition coefficient (Wildman–Crippen LogP) is 5.18. The van der Waals surface area contributed by atoms with Crippen molar-refractivity contribution >= 4 is 22.4 Å². The number of nitrogens with zero attached hydrogens (tertiary/aromatic N) is 2. The average Bonchev–Trinajstić information content (AvgIpc) is 2.63. The van der Waals surface area contributed by atoms with E-state index >= 15 is 0 Å². The molecule has 1 N–H and O–H groups in total. The second kappa shape index (κ2) is 6.08. The maximum absolute atomic E-state index is 14.1. The van der Waals surface area contributed by atoms with E-state index in [1.807, 2.05) is 54.6 Å². The highest BCUT2D eigenvalue weighted by molar-refractivity contribution is 5.92. The molecule has 0 radical (unpaired) electrons. The Bertz CT molecular complexity index is 1000. The minimum absolute atomic E-state index is 0.335. The van der Waals surface area contributed by atoms with Crippen LogP contribution in [0.25, 0.3) is 22.3 Å². The highest BCUT2D eigenvalue weighted by Crippen LogP contribution is 2.28. The van der Waals surface area contributed by atoms with Crippen LogP contribution >= 0.6 is 0 Å². The Morgan fingerprint density at radius 2 is 1.42 bits per heavy atom. The van der Waals surface area contributed by atoms with E-state index in [1.165, 1.54) is 6.07 Å². The summed E-state index contributed by atoms with van der Waals surface area (Å²) in [6.07, 6.45) is 0. The van der Waals surface area contributed by atoms with Crippen LogP contribution in [0, 0.1) is 5.82 Å². The van der Waals surface area contributed by atoms with Gasteiger partial charge in [-0.05, 0) is 36.4 Å². The summed E-state index contributed by atoms with van der Waals surface area (Å²) >= 11 is 0. The molecule has 0 amide bonds. The van der Waals surface area contributed by atoms with Gasteiger partial charge in [-0.1, -0.05) is 42.5 Å². The number of hydrogen-bond acceptors (Lipinski definition) is 3. The maximum Gasteiger partial charge on any atom is 0.165 e. The summed E-state index contributed by atoms with van der Waals surface area (Å²) in [5, 5.41) is 4.19. The Morgan fingerprint density at radius 1 is 0.708 bits per heavy atom. The number of fused-ring (bicyclic) bond motifs is 1. The smallest absolute Gasteiger partial charge is 0.165 e. The quantitative estimate of drug-likeness (QED) is 0.566. The molecule has 24 heavy (non-hydrogen) atoms. The van der Waals surface area contributed by atoms with Crippen LogP contribution in [0.5, 0.6) is 0 Å². The van der Waals surface area contributed by atoms with Crippen LogP contribution in [-0.2, 0) is 0 Å². The second-order valence-corrected chi connectivity index (χ2v) is 5.38. The van der Waals surface area contributed by atoms with E-state index in [-0.39, 0.29) is 5.82 Å². The van der Waals surface area contributed by atoms with Crippen LogP contribution in [0.3, 0.4) is 0 Å².